The Morgan fingerprint density at radius 3 is 2.08 bits per heavy atom. The fraction of sp³-hybridized carbons (Fsp3) is 0.938. The van der Waals surface area contributed by atoms with Crippen LogP contribution in [0.1, 0.15) is 19.8 Å². The molecule has 0 unspecified atom stereocenters. The zero-order valence-electron chi connectivity index (χ0n) is 15.4. The van der Waals surface area contributed by atoms with Gasteiger partial charge in [0.25, 0.3) is 10.2 Å². The molecule has 3 aliphatic heterocycles. The Morgan fingerprint density at radius 1 is 0.960 bits per heavy atom. The van der Waals surface area contributed by atoms with Gasteiger partial charge in [-0.3, -0.25) is 4.79 Å². The van der Waals surface area contributed by atoms with E-state index in [0.29, 0.717) is 45.3 Å². The summed E-state index contributed by atoms with van der Waals surface area (Å²) in [5.41, 5.74) is 0. The maximum absolute atomic E-state index is 12.8. The maximum atomic E-state index is 12.8. The second-order valence-corrected chi connectivity index (χ2v) is 9.44. The third-order valence-corrected chi connectivity index (χ3v) is 7.67. The normalized spacial score (nSPS) is 31.2. The monoisotopic (exact) mass is 373 g/mol. The number of hydrogen-bond donors (Lipinski definition) is 1. The number of hydrogen-bond acceptors (Lipinski definition) is 5. The molecule has 25 heavy (non-hydrogen) atoms. The van der Waals surface area contributed by atoms with Crippen molar-refractivity contribution >= 4 is 16.1 Å². The van der Waals surface area contributed by atoms with Gasteiger partial charge in [0.05, 0.1) is 0 Å². The van der Waals surface area contributed by atoms with Crippen molar-refractivity contribution in [2.45, 2.75) is 25.8 Å². The Kier molecular flexibility index (Phi) is 5.99. The first-order valence-corrected chi connectivity index (χ1v) is 10.7. The summed E-state index contributed by atoms with van der Waals surface area (Å²) >= 11 is 0. The van der Waals surface area contributed by atoms with Crippen LogP contribution in [0.3, 0.4) is 0 Å². The highest BCUT2D eigenvalue weighted by Gasteiger charge is 2.36. The van der Waals surface area contributed by atoms with Gasteiger partial charge in [0.15, 0.2) is 0 Å². The van der Waals surface area contributed by atoms with Crippen molar-refractivity contribution in [1.29, 1.82) is 0 Å². The Hall–Kier alpha value is -0.740. The van der Waals surface area contributed by atoms with Crippen molar-refractivity contribution in [2.75, 3.05) is 66.0 Å². The van der Waals surface area contributed by atoms with Crippen LogP contribution in [0.4, 0.5) is 0 Å². The van der Waals surface area contributed by atoms with Crippen molar-refractivity contribution in [1.82, 2.24) is 23.7 Å². The molecule has 0 spiro atoms. The van der Waals surface area contributed by atoms with Gasteiger partial charge in [0.2, 0.25) is 5.91 Å². The van der Waals surface area contributed by atoms with Crippen molar-refractivity contribution in [3.63, 3.8) is 0 Å². The van der Waals surface area contributed by atoms with Gasteiger partial charge in [-0.25, -0.2) is 0 Å². The molecular formula is C16H31N5O3S. The van der Waals surface area contributed by atoms with Gasteiger partial charge in [0.1, 0.15) is 0 Å². The highest BCUT2D eigenvalue weighted by Crippen LogP contribution is 2.21. The highest BCUT2D eigenvalue weighted by atomic mass is 32.2. The van der Waals surface area contributed by atoms with Gasteiger partial charge >= 0.3 is 0 Å². The average molecular weight is 374 g/mol. The summed E-state index contributed by atoms with van der Waals surface area (Å²) in [7, 11) is -1.39. The van der Waals surface area contributed by atoms with Gasteiger partial charge in [-0.1, -0.05) is 0 Å². The molecule has 1 N–H and O–H groups in total. The zero-order valence-corrected chi connectivity index (χ0v) is 16.2. The Labute approximate surface area is 151 Å². The smallest absolute Gasteiger partial charge is 0.282 e. The molecule has 0 aromatic heterocycles. The van der Waals surface area contributed by atoms with E-state index >= 15 is 0 Å². The van der Waals surface area contributed by atoms with E-state index in [4.69, 9.17) is 0 Å². The summed E-state index contributed by atoms with van der Waals surface area (Å²) in [5, 5.41) is 3.37. The van der Waals surface area contributed by atoms with Crippen LogP contribution in [0.2, 0.25) is 0 Å². The molecule has 0 saturated carbocycles. The molecule has 0 radical (unpaired) electrons. The summed E-state index contributed by atoms with van der Waals surface area (Å²) in [5.74, 6) is 0.280. The lowest BCUT2D eigenvalue weighted by Gasteiger charge is -2.40. The molecular weight excluding hydrogens is 342 g/mol. The number of carbonyl (C=O) groups is 1. The largest absolute Gasteiger partial charge is 0.340 e. The number of nitrogens with zero attached hydrogens (tertiary/aromatic N) is 4. The first-order chi connectivity index (χ1) is 11.9. The third-order valence-electron chi connectivity index (χ3n) is 5.64. The lowest BCUT2D eigenvalue weighted by atomic mass is 9.92. The van der Waals surface area contributed by atoms with Crippen LogP contribution in [-0.4, -0.2) is 105 Å². The summed E-state index contributed by atoms with van der Waals surface area (Å²) in [6.45, 7) is 7.44. The van der Waals surface area contributed by atoms with Crippen LogP contribution in [0.25, 0.3) is 0 Å². The minimum atomic E-state index is -3.40. The number of carbonyl (C=O) groups excluding carboxylic acids is 1. The van der Waals surface area contributed by atoms with E-state index in [1.54, 1.807) is 8.61 Å². The van der Waals surface area contributed by atoms with E-state index < -0.39 is 10.2 Å². The third kappa shape index (κ3) is 4.33. The quantitative estimate of drug-likeness (QED) is 0.688. The Bertz CT molecular complexity index is 568. The molecule has 3 heterocycles. The maximum Gasteiger partial charge on any atom is 0.282 e. The topological polar surface area (TPSA) is 76.2 Å². The van der Waals surface area contributed by atoms with Crippen molar-refractivity contribution in [3.8, 4) is 0 Å². The van der Waals surface area contributed by atoms with E-state index in [2.05, 4.69) is 17.1 Å². The van der Waals surface area contributed by atoms with E-state index in [0.717, 1.165) is 32.5 Å². The number of likely N-dealkylation sites (N-methyl/N-ethyl adjacent to an activating group) is 1. The fourth-order valence-corrected chi connectivity index (χ4v) is 5.51. The lowest BCUT2D eigenvalue weighted by molar-refractivity contribution is -0.137. The van der Waals surface area contributed by atoms with Gasteiger partial charge < -0.3 is 15.1 Å². The van der Waals surface area contributed by atoms with Crippen LogP contribution in [0.5, 0.6) is 0 Å². The lowest BCUT2D eigenvalue weighted by Crippen LogP contribution is -2.58. The molecule has 0 bridgehead atoms. The molecule has 0 aliphatic carbocycles. The molecule has 3 fully saturated rings. The molecule has 3 rings (SSSR count). The van der Waals surface area contributed by atoms with Crippen LogP contribution in [0, 0.1) is 5.92 Å². The average Bonchev–Trinajstić information content (AvgIpc) is 2.61. The minimum Gasteiger partial charge on any atom is -0.340 e. The number of piperidine rings is 1. The molecule has 0 aromatic carbocycles. The Morgan fingerprint density at radius 2 is 1.52 bits per heavy atom. The van der Waals surface area contributed by atoms with Crippen molar-refractivity contribution in [2.24, 2.45) is 5.92 Å². The minimum absolute atomic E-state index is 0.0806. The van der Waals surface area contributed by atoms with Crippen LogP contribution < -0.4 is 5.32 Å². The number of nitrogens with one attached hydrogen (secondary N) is 1. The standard InChI is InChI=1S/C16H31N5O3S/c1-14-13-15(3-4-17-14)16(22)19-7-11-21(12-8-19)25(23,24)20-9-5-18(2)6-10-20/h14-15,17H,3-13H2,1-2H3/t14-,15-/m0/s1. The van der Waals surface area contributed by atoms with Crippen molar-refractivity contribution in [3.05, 3.63) is 0 Å². The van der Waals surface area contributed by atoms with E-state index in [9.17, 15) is 13.2 Å². The van der Waals surface area contributed by atoms with Gasteiger partial charge in [-0.2, -0.15) is 17.0 Å². The first kappa shape index (κ1) is 19.0. The first-order valence-electron chi connectivity index (χ1n) is 9.34. The van der Waals surface area contributed by atoms with E-state index in [1.807, 2.05) is 11.9 Å². The summed E-state index contributed by atoms with van der Waals surface area (Å²) in [6, 6.07) is 0.376. The molecule has 2 atom stereocenters. The molecule has 144 valence electrons. The molecule has 8 nitrogen and oxygen atoms in total. The van der Waals surface area contributed by atoms with Crippen LogP contribution >= 0.6 is 0 Å². The molecule has 1 amide bonds. The predicted molar refractivity (Wildman–Crippen MR) is 96.3 cm³/mol. The number of amides is 1. The van der Waals surface area contributed by atoms with Gasteiger partial charge in [-0.05, 0) is 33.4 Å². The van der Waals surface area contributed by atoms with Crippen LogP contribution in [-0.2, 0) is 15.0 Å². The van der Waals surface area contributed by atoms with Crippen molar-refractivity contribution < 1.29 is 13.2 Å². The second kappa shape index (κ2) is 7.87. The molecule has 3 saturated heterocycles. The van der Waals surface area contributed by atoms with Gasteiger partial charge in [0, 0.05) is 64.3 Å². The molecule has 0 aromatic rings. The SMILES string of the molecule is C[C@H]1C[C@@H](C(=O)N2CCN(S(=O)(=O)N3CCN(C)CC3)CC2)CCN1. The molecule has 3 aliphatic rings. The summed E-state index contributed by atoms with van der Waals surface area (Å²) in [4.78, 5) is 16.7. The van der Waals surface area contributed by atoms with E-state index in [-0.39, 0.29) is 11.8 Å². The Balaban J connectivity index is 1.53. The van der Waals surface area contributed by atoms with Crippen LogP contribution in [0.15, 0.2) is 0 Å². The molecule has 9 heteroatoms. The highest BCUT2D eigenvalue weighted by molar-refractivity contribution is 7.86. The van der Waals surface area contributed by atoms with E-state index in [1.165, 1.54) is 0 Å². The van der Waals surface area contributed by atoms with Gasteiger partial charge in [-0.15, -0.1) is 0 Å². The summed E-state index contributed by atoms with van der Waals surface area (Å²) in [6.07, 6.45) is 1.75. The predicted octanol–water partition coefficient (Wildman–Crippen LogP) is -0.989. The second-order valence-electron chi connectivity index (χ2n) is 7.51. The number of piperazine rings is 2. The fourth-order valence-electron chi connectivity index (χ4n) is 3.94. The summed E-state index contributed by atoms with van der Waals surface area (Å²) < 4.78 is 28.7. The number of rotatable bonds is 3. The zero-order chi connectivity index (χ0) is 18.0.